The lowest BCUT2D eigenvalue weighted by Crippen LogP contribution is -2.49. The first-order chi connectivity index (χ1) is 10.6. The molecule has 2 amide bonds. The van der Waals surface area contributed by atoms with Gasteiger partial charge in [0.25, 0.3) is 0 Å². The Morgan fingerprint density at radius 3 is 2.45 bits per heavy atom. The zero-order chi connectivity index (χ0) is 15.3. The van der Waals surface area contributed by atoms with Crippen molar-refractivity contribution in [2.24, 2.45) is 5.92 Å². The molecule has 122 valence electrons. The zero-order valence-corrected chi connectivity index (χ0v) is 13.5. The third-order valence-electron chi connectivity index (χ3n) is 6.10. The Morgan fingerprint density at radius 1 is 1.05 bits per heavy atom. The van der Waals surface area contributed by atoms with Gasteiger partial charge in [-0.3, -0.25) is 9.59 Å². The lowest BCUT2D eigenvalue weighted by Gasteiger charge is -2.34. The highest BCUT2D eigenvalue weighted by Gasteiger charge is 2.46. The molecule has 3 heterocycles. The molecule has 5 nitrogen and oxygen atoms in total. The van der Waals surface area contributed by atoms with Crippen molar-refractivity contribution >= 4 is 11.8 Å². The molecule has 0 bridgehead atoms. The van der Waals surface area contributed by atoms with Gasteiger partial charge in [-0.05, 0) is 52.1 Å². The van der Waals surface area contributed by atoms with Crippen LogP contribution in [0.4, 0.5) is 0 Å². The molecule has 4 fully saturated rings. The number of hydrogen-bond acceptors (Lipinski definition) is 3. The van der Waals surface area contributed by atoms with E-state index < -0.39 is 0 Å². The molecular formula is C17H27N3O2. The zero-order valence-electron chi connectivity index (χ0n) is 13.5. The SMILES string of the molecule is CN1CCC[C@@H]1[C@@H]1CCCN1C(=O)[C@@H]1CC(=O)N(C2CC2)C1. The Hall–Kier alpha value is -1.10. The van der Waals surface area contributed by atoms with Crippen LogP contribution in [0.1, 0.15) is 44.9 Å². The third-order valence-corrected chi connectivity index (χ3v) is 6.10. The molecule has 5 heteroatoms. The summed E-state index contributed by atoms with van der Waals surface area (Å²) in [6, 6.07) is 1.36. The summed E-state index contributed by atoms with van der Waals surface area (Å²) in [5.41, 5.74) is 0. The van der Waals surface area contributed by atoms with Crippen molar-refractivity contribution in [2.45, 2.75) is 63.1 Å². The second kappa shape index (κ2) is 5.52. The van der Waals surface area contributed by atoms with Crippen molar-refractivity contribution in [3.8, 4) is 0 Å². The van der Waals surface area contributed by atoms with Gasteiger partial charge in [-0.1, -0.05) is 0 Å². The minimum Gasteiger partial charge on any atom is -0.339 e. The number of amides is 2. The lowest BCUT2D eigenvalue weighted by molar-refractivity contribution is -0.137. The van der Waals surface area contributed by atoms with Crippen molar-refractivity contribution in [1.29, 1.82) is 0 Å². The van der Waals surface area contributed by atoms with Crippen molar-refractivity contribution < 1.29 is 9.59 Å². The van der Waals surface area contributed by atoms with E-state index in [1.807, 2.05) is 4.90 Å². The Kier molecular flexibility index (Phi) is 3.63. The van der Waals surface area contributed by atoms with Crippen LogP contribution >= 0.6 is 0 Å². The summed E-state index contributed by atoms with van der Waals surface area (Å²) in [5, 5.41) is 0. The quantitative estimate of drug-likeness (QED) is 0.784. The largest absolute Gasteiger partial charge is 0.339 e. The van der Waals surface area contributed by atoms with Crippen LogP contribution in [0.2, 0.25) is 0 Å². The fourth-order valence-electron chi connectivity index (χ4n) is 4.76. The van der Waals surface area contributed by atoms with E-state index in [0.717, 1.165) is 38.8 Å². The minimum absolute atomic E-state index is 0.0830. The maximum atomic E-state index is 13.0. The number of carbonyl (C=O) groups excluding carboxylic acids is 2. The number of carbonyl (C=O) groups is 2. The van der Waals surface area contributed by atoms with E-state index in [-0.39, 0.29) is 17.7 Å². The predicted octanol–water partition coefficient (Wildman–Crippen LogP) is 1.08. The number of rotatable bonds is 3. The summed E-state index contributed by atoms with van der Waals surface area (Å²) < 4.78 is 0. The fourth-order valence-corrected chi connectivity index (χ4v) is 4.76. The van der Waals surface area contributed by atoms with Crippen molar-refractivity contribution in [1.82, 2.24) is 14.7 Å². The molecule has 0 spiro atoms. The molecule has 3 saturated heterocycles. The number of hydrogen-bond donors (Lipinski definition) is 0. The summed E-state index contributed by atoms with van der Waals surface area (Å²) in [7, 11) is 2.19. The molecule has 0 N–H and O–H groups in total. The smallest absolute Gasteiger partial charge is 0.228 e. The van der Waals surface area contributed by atoms with Crippen molar-refractivity contribution in [3.05, 3.63) is 0 Å². The number of likely N-dealkylation sites (N-methyl/N-ethyl adjacent to an activating group) is 1. The molecular weight excluding hydrogens is 278 g/mol. The summed E-state index contributed by atoms with van der Waals surface area (Å²) >= 11 is 0. The third kappa shape index (κ3) is 2.43. The van der Waals surface area contributed by atoms with E-state index in [1.54, 1.807) is 0 Å². The molecule has 1 aliphatic carbocycles. The van der Waals surface area contributed by atoms with Crippen LogP contribution in [-0.4, -0.2) is 71.3 Å². The van der Waals surface area contributed by atoms with Gasteiger partial charge in [-0.15, -0.1) is 0 Å². The molecule has 0 unspecified atom stereocenters. The molecule has 3 atom stereocenters. The average molecular weight is 305 g/mol. The maximum Gasteiger partial charge on any atom is 0.228 e. The van der Waals surface area contributed by atoms with E-state index in [9.17, 15) is 9.59 Å². The summed E-state index contributed by atoms with van der Waals surface area (Å²) in [5.74, 6) is 0.370. The van der Waals surface area contributed by atoms with Gasteiger partial charge in [-0.25, -0.2) is 0 Å². The molecule has 0 aromatic rings. The average Bonchev–Trinajstić information content (AvgIpc) is 2.91. The van der Waals surface area contributed by atoms with Crippen LogP contribution in [-0.2, 0) is 9.59 Å². The molecule has 0 aromatic heterocycles. The van der Waals surface area contributed by atoms with E-state index in [4.69, 9.17) is 0 Å². The van der Waals surface area contributed by atoms with Crippen LogP contribution in [0.5, 0.6) is 0 Å². The first-order valence-corrected chi connectivity index (χ1v) is 8.95. The van der Waals surface area contributed by atoms with Crippen LogP contribution in [0.25, 0.3) is 0 Å². The van der Waals surface area contributed by atoms with Gasteiger partial charge in [0.2, 0.25) is 11.8 Å². The highest BCUT2D eigenvalue weighted by Crippen LogP contribution is 2.35. The van der Waals surface area contributed by atoms with Gasteiger partial charge < -0.3 is 14.7 Å². The molecule has 4 rings (SSSR count). The Balaban J connectivity index is 1.44. The van der Waals surface area contributed by atoms with Crippen molar-refractivity contribution in [2.75, 3.05) is 26.7 Å². The van der Waals surface area contributed by atoms with Crippen LogP contribution in [0.15, 0.2) is 0 Å². The molecule has 4 aliphatic rings. The van der Waals surface area contributed by atoms with Gasteiger partial charge in [0.15, 0.2) is 0 Å². The number of likely N-dealkylation sites (tertiary alicyclic amines) is 3. The maximum absolute atomic E-state index is 13.0. The lowest BCUT2D eigenvalue weighted by atomic mass is 10.0. The van der Waals surface area contributed by atoms with Gasteiger partial charge in [0, 0.05) is 37.6 Å². The topological polar surface area (TPSA) is 43.9 Å². The van der Waals surface area contributed by atoms with Crippen LogP contribution < -0.4 is 0 Å². The van der Waals surface area contributed by atoms with Crippen LogP contribution in [0, 0.1) is 5.92 Å². The molecule has 3 aliphatic heterocycles. The fraction of sp³-hybridized carbons (Fsp3) is 0.882. The normalized spacial score (nSPS) is 36.6. The predicted molar refractivity (Wildman–Crippen MR) is 83.2 cm³/mol. The van der Waals surface area contributed by atoms with E-state index in [2.05, 4.69) is 16.8 Å². The van der Waals surface area contributed by atoms with Gasteiger partial charge in [-0.2, -0.15) is 0 Å². The second-order valence-electron chi connectivity index (χ2n) is 7.61. The Morgan fingerprint density at radius 2 is 1.77 bits per heavy atom. The first-order valence-electron chi connectivity index (χ1n) is 8.95. The van der Waals surface area contributed by atoms with Crippen molar-refractivity contribution in [3.63, 3.8) is 0 Å². The van der Waals surface area contributed by atoms with Gasteiger partial charge in [0.05, 0.1) is 5.92 Å². The summed E-state index contributed by atoms with van der Waals surface area (Å²) in [6.07, 6.45) is 7.41. The molecule has 1 saturated carbocycles. The van der Waals surface area contributed by atoms with E-state index in [1.165, 1.54) is 12.8 Å². The summed E-state index contributed by atoms with van der Waals surface area (Å²) in [4.78, 5) is 31.6. The highest BCUT2D eigenvalue weighted by molar-refractivity contribution is 5.89. The number of nitrogens with zero attached hydrogens (tertiary/aromatic N) is 3. The Labute approximate surface area is 132 Å². The molecule has 22 heavy (non-hydrogen) atoms. The highest BCUT2D eigenvalue weighted by atomic mass is 16.2. The molecule has 0 radical (unpaired) electrons. The first kappa shape index (κ1) is 14.5. The Bertz CT molecular complexity index is 477. The monoisotopic (exact) mass is 305 g/mol. The molecule has 0 aromatic carbocycles. The second-order valence-corrected chi connectivity index (χ2v) is 7.61. The van der Waals surface area contributed by atoms with Crippen LogP contribution in [0.3, 0.4) is 0 Å². The van der Waals surface area contributed by atoms with Gasteiger partial charge in [0.1, 0.15) is 0 Å². The van der Waals surface area contributed by atoms with Gasteiger partial charge >= 0.3 is 0 Å². The van der Waals surface area contributed by atoms with E-state index >= 15 is 0 Å². The minimum atomic E-state index is -0.0830. The van der Waals surface area contributed by atoms with E-state index in [0.29, 0.717) is 31.1 Å². The summed E-state index contributed by atoms with van der Waals surface area (Å²) in [6.45, 7) is 2.72. The standard InChI is InChI=1S/C17H27N3O2/c1-18-8-2-4-14(18)15-5-3-9-19(15)17(22)12-10-16(21)20(11-12)13-6-7-13/h12-15H,2-11H2,1H3/t12-,14-,15+/m1/s1.